The predicted molar refractivity (Wildman–Crippen MR) is 92.5 cm³/mol. The summed E-state index contributed by atoms with van der Waals surface area (Å²) in [4.78, 5) is 18.6. The molecule has 0 radical (unpaired) electrons. The van der Waals surface area contributed by atoms with Gasteiger partial charge in [0.2, 0.25) is 0 Å². The minimum Gasteiger partial charge on any atom is -0.286 e. The van der Waals surface area contributed by atoms with Gasteiger partial charge in [-0.3, -0.25) is 14.7 Å². The van der Waals surface area contributed by atoms with E-state index >= 15 is 0 Å². The molecule has 0 fully saturated rings. The molecular formula is C17H14ClFN2OS. The van der Waals surface area contributed by atoms with Gasteiger partial charge in [-0.2, -0.15) is 0 Å². The van der Waals surface area contributed by atoms with Crippen LogP contribution in [0.2, 0.25) is 5.02 Å². The Bertz CT molecular complexity index is 731. The molecule has 0 aromatic heterocycles. The first-order valence-corrected chi connectivity index (χ1v) is 8.49. The van der Waals surface area contributed by atoms with Crippen LogP contribution < -0.4 is 0 Å². The maximum atomic E-state index is 12.9. The quantitative estimate of drug-likeness (QED) is 0.831. The summed E-state index contributed by atoms with van der Waals surface area (Å²) in [6, 6.07) is 13.2. The van der Waals surface area contributed by atoms with E-state index < -0.39 is 0 Å². The van der Waals surface area contributed by atoms with Crippen molar-refractivity contribution in [3.05, 3.63) is 70.5 Å². The third kappa shape index (κ3) is 3.92. The molecular weight excluding hydrogens is 335 g/mol. The Kier molecular flexibility index (Phi) is 4.98. The number of amides is 1. The predicted octanol–water partition coefficient (Wildman–Crippen LogP) is 4.22. The van der Waals surface area contributed by atoms with Gasteiger partial charge in [0.05, 0.1) is 6.54 Å². The molecule has 0 atom stereocenters. The molecule has 3 nitrogen and oxygen atoms in total. The standard InChI is InChI=1S/C17H14ClFN2OS/c18-14-5-3-13(4-6-14)16(22)21-10-9-20-17(21)23-11-12-1-7-15(19)8-2-12/h1-8H,9-11H2. The second kappa shape index (κ2) is 7.15. The van der Waals surface area contributed by atoms with Crippen LogP contribution in [0.5, 0.6) is 0 Å². The topological polar surface area (TPSA) is 32.7 Å². The second-order valence-electron chi connectivity index (χ2n) is 5.04. The molecule has 0 aliphatic carbocycles. The number of benzene rings is 2. The summed E-state index contributed by atoms with van der Waals surface area (Å²) in [7, 11) is 0. The van der Waals surface area contributed by atoms with Crippen molar-refractivity contribution in [3.63, 3.8) is 0 Å². The van der Waals surface area contributed by atoms with E-state index in [1.54, 1.807) is 41.3 Å². The van der Waals surface area contributed by atoms with E-state index in [2.05, 4.69) is 4.99 Å². The van der Waals surface area contributed by atoms with Crippen LogP contribution in [0, 0.1) is 5.82 Å². The fourth-order valence-corrected chi connectivity index (χ4v) is 3.34. The third-order valence-electron chi connectivity index (χ3n) is 3.42. The maximum Gasteiger partial charge on any atom is 0.259 e. The Morgan fingerprint density at radius 1 is 1.17 bits per heavy atom. The highest BCUT2D eigenvalue weighted by Gasteiger charge is 2.25. The fraction of sp³-hybridized carbons (Fsp3) is 0.176. The van der Waals surface area contributed by atoms with E-state index in [0.29, 0.717) is 34.6 Å². The number of amidine groups is 1. The van der Waals surface area contributed by atoms with Crippen molar-refractivity contribution < 1.29 is 9.18 Å². The van der Waals surface area contributed by atoms with Crippen molar-refractivity contribution in [1.29, 1.82) is 0 Å². The Morgan fingerprint density at radius 2 is 1.87 bits per heavy atom. The summed E-state index contributed by atoms with van der Waals surface area (Å²) in [5.41, 5.74) is 1.58. The van der Waals surface area contributed by atoms with Gasteiger partial charge in [0.25, 0.3) is 5.91 Å². The summed E-state index contributed by atoms with van der Waals surface area (Å²) >= 11 is 7.34. The zero-order valence-electron chi connectivity index (χ0n) is 12.2. The molecule has 23 heavy (non-hydrogen) atoms. The SMILES string of the molecule is O=C(c1ccc(Cl)cc1)N1CCN=C1SCc1ccc(F)cc1. The molecule has 6 heteroatoms. The first-order chi connectivity index (χ1) is 11.1. The number of hydrogen-bond acceptors (Lipinski definition) is 3. The summed E-state index contributed by atoms with van der Waals surface area (Å²) in [6.45, 7) is 1.18. The largest absolute Gasteiger partial charge is 0.286 e. The van der Waals surface area contributed by atoms with E-state index in [9.17, 15) is 9.18 Å². The molecule has 3 rings (SSSR count). The van der Waals surface area contributed by atoms with Crippen molar-refractivity contribution in [2.45, 2.75) is 5.75 Å². The van der Waals surface area contributed by atoms with Gasteiger partial charge in [-0.25, -0.2) is 4.39 Å². The summed E-state index contributed by atoms with van der Waals surface area (Å²) in [6.07, 6.45) is 0. The van der Waals surface area contributed by atoms with E-state index in [-0.39, 0.29) is 11.7 Å². The molecule has 1 heterocycles. The van der Waals surface area contributed by atoms with Crippen LogP contribution in [0.4, 0.5) is 4.39 Å². The van der Waals surface area contributed by atoms with Gasteiger partial charge < -0.3 is 0 Å². The molecule has 1 aliphatic rings. The second-order valence-corrected chi connectivity index (χ2v) is 6.42. The van der Waals surface area contributed by atoms with Gasteiger partial charge in [-0.1, -0.05) is 35.5 Å². The van der Waals surface area contributed by atoms with Crippen LogP contribution in [0.3, 0.4) is 0 Å². The molecule has 0 bridgehead atoms. The van der Waals surface area contributed by atoms with Gasteiger partial charge in [0, 0.05) is 22.9 Å². The van der Waals surface area contributed by atoms with Crippen LogP contribution >= 0.6 is 23.4 Å². The lowest BCUT2D eigenvalue weighted by molar-refractivity contribution is 0.0860. The fourth-order valence-electron chi connectivity index (χ4n) is 2.22. The van der Waals surface area contributed by atoms with Gasteiger partial charge in [-0.05, 0) is 42.0 Å². The molecule has 2 aromatic carbocycles. The van der Waals surface area contributed by atoms with Crippen LogP contribution in [0.25, 0.3) is 0 Å². The Morgan fingerprint density at radius 3 is 2.57 bits per heavy atom. The van der Waals surface area contributed by atoms with Crippen molar-refractivity contribution in [2.24, 2.45) is 4.99 Å². The monoisotopic (exact) mass is 348 g/mol. The smallest absolute Gasteiger partial charge is 0.259 e. The molecule has 0 N–H and O–H groups in total. The average Bonchev–Trinajstić information content (AvgIpc) is 3.03. The molecule has 1 amide bonds. The number of rotatable bonds is 3. The number of nitrogens with zero attached hydrogens (tertiary/aromatic N) is 2. The number of carbonyl (C=O) groups is 1. The minimum absolute atomic E-state index is 0.0791. The van der Waals surface area contributed by atoms with Crippen molar-refractivity contribution in [2.75, 3.05) is 13.1 Å². The first kappa shape index (κ1) is 16.0. The number of halogens is 2. The number of aliphatic imine (C=N–C) groups is 1. The molecule has 0 saturated heterocycles. The number of thioether (sulfide) groups is 1. The van der Waals surface area contributed by atoms with Crippen LogP contribution in [0.1, 0.15) is 15.9 Å². The molecule has 0 spiro atoms. The summed E-state index contributed by atoms with van der Waals surface area (Å²) < 4.78 is 12.9. The Labute approximate surface area is 143 Å². The first-order valence-electron chi connectivity index (χ1n) is 7.12. The van der Waals surface area contributed by atoms with Crippen LogP contribution in [0.15, 0.2) is 53.5 Å². The number of hydrogen-bond donors (Lipinski definition) is 0. The highest BCUT2D eigenvalue weighted by molar-refractivity contribution is 8.13. The van der Waals surface area contributed by atoms with Crippen LogP contribution in [-0.2, 0) is 5.75 Å². The molecule has 1 aliphatic heterocycles. The Hall–Kier alpha value is -1.85. The normalized spacial score (nSPS) is 14.0. The van der Waals surface area contributed by atoms with Gasteiger partial charge in [0.15, 0.2) is 5.17 Å². The van der Waals surface area contributed by atoms with Gasteiger partial charge in [-0.15, -0.1) is 0 Å². The lowest BCUT2D eigenvalue weighted by atomic mass is 10.2. The molecule has 2 aromatic rings. The number of carbonyl (C=O) groups excluding carboxylic acids is 1. The van der Waals surface area contributed by atoms with Gasteiger partial charge >= 0.3 is 0 Å². The molecule has 0 unspecified atom stereocenters. The summed E-state index contributed by atoms with van der Waals surface area (Å²) in [5, 5.41) is 1.30. The lowest BCUT2D eigenvalue weighted by Gasteiger charge is -2.18. The van der Waals surface area contributed by atoms with E-state index in [0.717, 1.165) is 5.56 Å². The molecule has 0 saturated carbocycles. The van der Waals surface area contributed by atoms with Crippen molar-refractivity contribution in [1.82, 2.24) is 4.90 Å². The molecule has 118 valence electrons. The highest BCUT2D eigenvalue weighted by Crippen LogP contribution is 2.22. The van der Waals surface area contributed by atoms with Crippen molar-refractivity contribution in [3.8, 4) is 0 Å². The Balaban J connectivity index is 1.66. The van der Waals surface area contributed by atoms with E-state index in [1.165, 1.54) is 23.9 Å². The lowest BCUT2D eigenvalue weighted by Crippen LogP contribution is -2.32. The summed E-state index contributed by atoms with van der Waals surface area (Å²) in [5.74, 6) is 0.310. The zero-order valence-corrected chi connectivity index (χ0v) is 13.8. The zero-order chi connectivity index (χ0) is 16.2. The van der Waals surface area contributed by atoms with E-state index in [4.69, 9.17) is 11.6 Å². The van der Waals surface area contributed by atoms with Crippen molar-refractivity contribution >= 4 is 34.4 Å². The van der Waals surface area contributed by atoms with Gasteiger partial charge in [0.1, 0.15) is 5.82 Å². The van der Waals surface area contributed by atoms with Crippen LogP contribution in [-0.4, -0.2) is 29.1 Å². The maximum absolute atomic E-state index is 12.9. The third-order valence-corrected chi connectivity index (χ3v) is 4.76. The van der Waals surface area contributed by atoms with E-state index in [1.807, 2.05) is 0 Å². The highest BCUT2D eigenvalue weighted by atomic mass is 35.5. The minimum atomic E-state index is -0.253. The average molecular weight is 349 g/mol.